The van der Waals surface area contributed by atoms with Crippen LogP contribution in [-0.2, 0) is 16.8 Å². The summed E-state index contributed by atoms with van der Waals surface area (Å²) in [6.45, 7) is 11.1. The Morgan fingerprint density at radius 3 is 2.67 bits per heavy atom. The van der Waals surface area contributed by atoms with Crippen molar-refractivity contribution in [2.24, 2.45) is 0 Å². The lowest BCUT2D eigenvalue weighted by Crippen LogP contribution is -2.49. The van der Waals surface area contributed by atoms with Gasteiger partial charge in [-0.25, -0.2) is 4.98 Å². The summed E-state index contributed by atoms with van der Waals surface area (Å²) in [6.07, 6.45) is 0. The first-order chi connectivity index (χ1) is 9.86. The van der Waals surface area contributed by atoms with Gasteiger partial charge in [0.1, 0.15) is 5.01 Å². The minimum atomic E-state index is 0.0872. The molecule has 0 saturated carbocycles. The van der Waals surface area contributed by atoms with Crippen LogP contribution in [0.1, 0.15) is 31.5 Å². The van der Waals surface area contributed by atoms with Gasteiger partial charge in [-0.05, 0) is 7.05 Å². The highest BCUT2D eigenvalue weighted by molar-refractivity contribution is 7.09. The van der Waals surface area contributed by atoms with E-state index in [0.717, 1.165) is 43.4 Å². The molecule has 0 spiro atoms. The average Bonchev–Trinajstić information content (AvgIpc) is 2.88. The second kappa shape index (κ2) is 6.85. The zero-order chi connectivity index (χ0) is 15.5. The van der Waals surface area contributed by atoms with E-state index in [0.29, 0.717) is 6.54 Å². The van der Waals surface area contributed by atoms with Crippen molar-refractivity contribution in [3.8, 4) is 0 Å². The third-order valence-electron chi connectivity index (χ3n) is 3.60. The number of rotatable bonds is 4. The molecule has 1 saturated heterocycles. The zero-order valence-corrected chi connectivity index (χ0v) is 14.3. The highest BCUT2D eigenvalue weighted by Gasteiger charge is 2.20. The van der Waals surface area contributed by atoms with Gasteiger partial charge in [0.2, 0.25) is 5.91 Å². The van der Waals surface area contributed by atoms with Gasteiger partial charge in [-0.15, -0.1) is 11.3 Å². The summed E-state index contributed by atoms with van der Waals surface area (Å²) in [4.78, 5) is 20.9. The topological polar surface area (TPSA) is 48.5 Å². The fourth-order valence-electron chi connectivity index (χ4n) is 2.26. The van der Waals surface area contributed by atoms with E-state index in [1.807, 2.05) is 11.9 Å². The Hall–Kier alpha value is -0.980. The van der Waals surface area contributed by atoms with Gasteiger partial charge in [0.05, 0.1) is 18.8 Å². The fourth-order valence-corrected chi connectivity index (χ4v) is 3.36. The molecule has 1 fully saturated rings. The van der Waals surface area contributed by atoms with Crippen molar-refractivity contribution in [1.29, 1.82) is 0 Å². The third kappa shape index (κ3) is 4.76. The molecule has 0 bridgehead atoms. The summed E-state index contributed by atoms with van der Waals surface area (Å²) in [6, 6.07) is 0. The van der Waals surface area contributed by atoms with Crippen molar-refractivity contribution in [3.63, 3.8) is 0 Å². The van der Waals surface area contributed by atoms with Crippen LogP contribution in [0.4, 0.5) is 0 Å². The van der Waals surface area contributed by atoms with Gasteiger partial charge in [-0.3, -0.25) is 9.69 Å². The number of piperazine rings is 1. The molecule has 118 valence electrons. The Bertz CT molecular complexity index is 474. The Morgan fingerprint density at radius 1 is 1.43 bits per heavy atom. The van der Waals surface area contributed by atoms with Crippen LogP contribution < -0.4 is 5.32 Å². The lowest BCUT2D eigenvalue weighted by atomic mass is 9.93. The standard InChI is InChI=1S/C15H26N4OS/c1-15(2,3)12-11-21-13(17-12)9-18(4)10-14(20)19-7-5-16-6-8-19/h11,16H,5-10H2,1-4H3. The number of carbonyl (C=O) groups is 1. The normalized spacial score (nSPS) is 16.5. The Balaban J connectivity index is 1.85. The monoisotopic (exact) mass is 310 g/mol. The van der Waals surface area contributed by atoms with E-state index in [9.17, 15) is 4.79 Å². The summed E-state index contributed by atoms with van der Waals surface area (Å²) in [7, 11) is 1.98. The number of hydrogen-bond acceptors (Lipinski definition) is 5. The Kier molecular flexibility index (Phi) is 5.35. The molecular formula is C15H26N4OS. The molecular weight excluding hydrogens is 284 g/mol. The molecule has 1 aromatic rings. The lowest BCUT2D eigenvalue weighted by Gasteiger charge is -2.29. The molecule has 2 heterocycles. The zero-order valence-electron chi connectivity index (χ0n) is 13.5. The lowest BCUT2D eigenvalue weighted by molar-refractivity contribution is -0.132. The largest absolute Gasteiger partial charge is 0.339 e. The SMILES string of the molecule is CN(CC(=O)N1CCNCC1)Cc1nc(C(C)(C)C)cs1. The molecule has 6 heteroatoms. The number of nitrogens with one attached hydrogen (secondary N) is 1. The number of amides is 1. The van der Waals surface area contributed by atoms with E-state index in [1.54, 1.807) is 11.3 Å². The molecule has 1 aliphatic rings. The summed E-state index contributed by atoms with van der Waals surface area (Å²) in [5.74, 6) is 0.214. The number of aromatic nitrogens is 1. The molecule has 0 aromatic carbocycles. The quantitative estimate of drug-likeness (QED) is 0.911. The summed E-state index contributed by atoms with van der Waals surface area (Å²) in [5.41, 5.74) is 1.22. The molecule has 21 heavy (non-hydrogen) atoms. The summed E-state index contributed by atoms with van der Waals surface area (Å²) < 4.78 is 0. The molecule has 2 rings (SSSR count). The van der Waals surface area contributed by atoms with Crippen molar-refractivity contribution in [2.45, 2.75) is 32.7 Å². The van der Waals surface area contributed by atoms with Crippen molar-refractivity contribution in [2.75, 3.05) is 39.8 Å². The van der Waals surface area contributed by atoms with E-state index < -0.39 is 0 Å². The minimum absolute atomic E-state index is 0.0872. The minimum Gasteiger partial charge on any atom is -0.339 e. The van der Waals surface area contributed by atoms with Crippen molar-refractivity contribution in [3.05, 3.63) is 16.1 Å². The number of nitrogens with zero attached hydrogens (tertiary/aromatic N) is 3. The molecule has 1 amide bonds. The van der Waals surface area contributed by atoms with Gasteiger partial charge >= 0.3 is 0 Å². The number of likely N-dealkylation sites (N-methyl/N-ethyl adjacent to an activating group) is 1. The van der Waals surface area contributed by atoms with E-state index in [2.05, 4.69) is 41.4 Å². The predicted molar refractivity (Wildman–Crippen MR) is 86.6 cm³/mol. The summed E-state index contributed by atoms with van der Waals surface area (Å²) in [5, 5.41) is 6.47. The van der Waals surface area contributed by atoms with Crippen molar-refractivity contribution in [1.82, 2.24) is 20.1 Å². The molecule has 0 radical (unpaired) electrons. The molecule has 1 N–H and O–H groups in total. The highest BCUT2D eigenvalue weighted by atomic mass is 32.1. The van der Waals surface area contributed by atoms with E-state index >= 15 is 0 Å². The van der Waals surface area contributed by atoms with Gasteiger partial charge in [0.25, 0.3) is 0 Å². The van der Waals surface area contributed by atoms with Gasteiger partial charge in [0, 0.05) is 37.0 Å². The van der Waals surface area contributed by atoms with E-state index in [-0.39, 0.29) is 11.3 Å². The summed E-state index contributed by atoms with van der Waals surface area (Å²) >= 11 is 1.68. The fraction of sp³-hybridized carbons (Fsp3) is 0.733. The molecule has 5 nitrogen and oxygen atoms in total. The van der Waals surface area contributed by atoms with E-state index in [1.165, 1.54) is 0 Å². The van der Waals surface area contributed by atoms with Crippen LogP contribution in [0.2, 0.25) is 0 Å². The number of thiazole rings is 1. The molecule has 1 aliphatic heterocycles. The molecule has 0 aliphatic carbocycles. The van der Waals surface area contributed by atoms with Crippen LogP contribution in [0, 0.1) is 0 Å². The maximum absolute atomic E-state index is 12.2. The van der Waals surface area contributed by atoms with Crippen LogP contribution in [-0.4, -0.2) is 60.5 Å². The van der Waals surface area contributed by atoms with Crippen LogP contribution in [0.5, 0.6) is 0 Å². The first kappa shape index (κ1) is 16.4. The predicted octanol–water partition coefficient (Wildman–Crippen LogP) is 1.30. The first-order valence-corrected chi connectivity index (χ1v) is 8.36. The third-order valence-corrected chi connectivity index (χ3v) is 4.43. The smallest absolute Gasteiger partial charge is 0.236 e. The van der Waals surface area contributed by atoms with Crippen molar-refractivity contribution >= 4 is 17.2 Å². The Morgan fingerprint density at radius 2 is 2.10 bits per heavy atom. The van der Waals surface area contributed by atoms with Gasteiger partial charge in [-0.2, -0.15) is 0 Å². The van der Waals surface area contributed by atoms with Crippen LogP contribution in [0.25, 0.3) is 0 Å². The van der Waals surface area contributed by atoms with Crippen LogP contribution in [0.15, 0.2) is 5.38 Å². The van der Waals surface area contributed by atoms with Gasteiger partial charge in [0.15, 0.2) is 0 Å². The van der Waals surface area contributed by atoms with Gasteiger partial charge < -0.3 is 10.2 Å². The molecule has 0 unspecified atom stereocenters. The number of carbonyl (C=O) groups excluding carboxylic acids is 1. The maximum Gasteiger partial charge on any atom is 0.236 e. The van der Waals surface area contributed by atoms with Crippen molar-refractivity contribution < 1.29 is 4.79 Å². The second-order valence-electron chi connectivity index (χ2n) is 6.68. The first-order valence-electron chi connectivity index (χ1n) is 7.48. The second-order valence-corrected chi connectivity index (χ2v) is 7.62. The average molecular weight is 310 g/mol. The molecule has 1 aromatic heterocycles. The van der Waals surface area contributed by atoms with Crippen LogP contribution >= 0.6 is 11.3 Å². The van der Waals surface area contributed by atoms with E-state index in [4.69, 9.17) is 0 Å². The van der Waals surface area contributed by atoms with Gasteiger partial charge in [-0.1, -0.05) is 20.8 Å². The Labute approximate surface area is 131 Å². The maximum atomic E-state index is 12.2. The highest BCUT2D eigenvalue weighted by Crippen LogP contribution is 2.24. The number of hydrogen-bond donors (Lipinski definition) is 1. The molecule has 0 atom stereocenters. The van der Waals surface area contributed by atoms with Crippen LogP contribution in [0.3, 0.4) is 0 Å².